The smallest absolute Gasteiger partial charge is 0.241 e. The molecule has 0 aromatic carbocycles. The standard InChI is InChI=1S/C15H23N5O/c1-4-5-6-7-18(2)13-10-14(17-12-16-13)20-9-8-19(3)15(21)11-20/h4,10,12H,1,5-9,11H2,2-3H3. The quantitative estimate of drug-likeness (QED) is 0.581. The molecule has 6 heteroatoms. The van der Waals surface area contributed by atoms with Gasteiger partial charge in [-0.1, -0.05) is 6.08 Å². The summed E-state index contributed by atoms with van der Waals surface area (Å²) in [7, 11) is 3.85. The summed E-state index contributed by atoms with van der Waals surface area (Å²) in [6, 6.07) is 1.95. The first-order valence-electron chi connectivity index (χ1n) is 7.25. The number of amides is 1. The molecule has 1 fully saturated rings. The molecule has 1 amide bonds. The maximum absolute atomic E-state index is 11.8. The van der Waals surface area contributed by atoms with Crippen LogP contribution in [0.2, 0.25) is 0 Å². The first-order chi connectivity index (χ1) is 10.1. The first kappa shape index (κ1) is 15.3. The van der Waals surface area contributed by atoms with Crippen LogP contribution in [0.25, 0.3) is 0 Å². The number of aromatic nitrogens is 2. The number of hydrogen-bond donors (Lipinski definition) is 0. The van der Waals surface area contributed by atoms with Crippen molar-refractivity contribution in [3.63, 3.8) is 0 Å². The van der Waals surface area contributed by atoms with Crippen LogP contribution in [0, 0.1) is 0 Å². The second kappa shape index (κ2) is 7.06. The average Bonchev–Trinajstić information content (AvgIpc) is 2.50. The summed E-state index contributed by atoms with van der Waals surface area (Å²) >= 11 is 0. The van der Waals surface area contributed by atoms with E-state index in [4.69, 9.17) is 0 Å². The maximum Gasteiger partial charge on any atom is 0.241 e. The molecule has 0 radical (unpaired) electrons. The van der Waals surface area contributed by atoms with Crippen LogP contribution in [-0.2, 0) is 4.79 Å². The molecule has 1 aliphatic heterocycles. The molecular formula is C15H23N5O. The van der Waals surface area contributed by atoms with Crippen LogP contribution in [0.5, 0.6) is 0 Å². The van der Waals surface area contributed by atoms with Crippen molar-refractivity contribution >= 4 is 17.5 Å². The number of carbonyl (C=O) groups is 1. The molecule has 0 unspecified atom stereocenters. The number of rotatable bonds is 6. The Bertz CT molecular complexity index is 505. The van der Waals surface area contributed by atoms with Crippen LogP contribution in [-0.4, -0.2) is 61.0 Å². The maximum atomic E-state index is 11.8. The van der Waals surface area contributed by atoms with E-state index >= 15 is 0 Å². The molecule has 21 heavy (non-hydrogen) atoms. The molecule has 0 saturated carbocycles. The van der Waals surface area contributed by atoms with E-state index in [1.165, 1.54) is 0 Å². The molecule has 1 aliphatic rings. The average molecular weight is 289 g/mol. The van der Waals surface area contributed by atoms with Gasteiger partial charge >= 0.3 is 0 Å². The van der Waals surface area contributed by atoms with E-state index in [0.29, 0.717) is 6.54 Å². The second-order valence-electron chi connectivity index (χ2n) is 5.32. The predicted molar refractivity (Wildman–Crippen MR) is 84.6 cm³/mol. The lowest BCUT2D eigenvalue weighted by Crippen LogP contribution is -2.48. The zero-order valence-corrected chi connectivity index (χ0v) is 12.8. The third-order valence-electron chi connectivity index (χ3n) is 3.71. The van der Waals surface area contributed by atoms with E-state index in [1.807, 2.05) is 31.1 Å². The summed E-state index contributed by atoms with van der Waals surface area (Å²) in [5, 5.41) is 0. The highest BCUT2D eigenvalue weighted by molar-refractivity contribution is 5.82. The third-order valence-corrected chi connectivity index (χ3v) is 3.71. The Balaban J connectivity index is 2.03. The van der Waals surface area contributed by atoms with E-state index in [-0.39, 0.29) is 5.91 Å². The van der Waals surface area contributed by atoms with E-state index in [1.54, 1.807) is 11.2 Å². The number of allylic oxidation sites excluding steroid dienone is 1. The summed E-state index contributed by atoms with van der Waals surface area (Å²) in [6.45, 7) is 6.57. The lowest BCUT2D eigenvalue weighted by molar-refractivity contribution is -0.129. The molecule has 2 heterocycles. The molecule has 2 rings (SSSR count). The van der Waals surface area contributed by atoms with Crippen molar-refractivity contribution in [1.82, 2.24) is 14.9 Å². The second-order valence-corrected chi connectivity index (χ2v) is 5.32. The summed E-state index contributed by atoms with van der Waals surface area (Å²) in [5.74, 6) is 1.83. The number of anilines is 2. The van der Waals surface area contributed by atoms with E-state index in [0.717, 1.165) is 44.1 Å². The summed E-state index contributed by atoms with van der Waals surface area (Å²) < 4.78 is 0. The van der Waals surface area contributed by atoms with E-state index in [9.17, 15) is 4.79 Å². The monoisotopic (exact) mass is 289 g/mol. The highest BCUT2D eigenvalue weighted by Gasteiger charge is 2.22. The van der Waals surface area contributed by atoms with Crippen LogP contribution in [0.4, 0.5) is 11.6 Å². The van der Waals surface area contributed by atoms with Crippen LogP contribution in [0.1, 0.15) is 12.8 Å². The van der Waals surface area contributed by atoms with Crippen LogP contribution in [0.15, 0.2) is 25.0 Å². The Kier molecular flexibility index (Phi) is 5.14. The van der Waals surface area contributed by atoms with Crippen molar-refractivity contribution in [2.45, 2.75) is 12.8 Å². The Morgan fingerprint density at radius 3 is 2.95 bits per heavy atom. The minimum atomic E-state index is 0.126. The minimum absolute atomic E-state index is 0.126. The van der Waals surface area contributed by atoms with Gasteiger partial charge in [-0.2, -0.15) is 0 Å². The molecule has 114 valence electrons. The lowest BCUT2D eigenvalue weighted by Gasteiger charge is -2.33. The highest BCUT2D eigenvalue weighted by atomic mass is 16.2. The van der Waals surface area contributed by atoms with Crippen molar-refractivity contribution in [3.8, 4) is 0 Å². The zero-order valence-electron chi connectivity index (χ0n) is 12.8. The van der Waals surface area contributed by atoms with Gasteiger partial charge in [-0.05, 0) is 12.8 Å². The number of unbranched alkanes of at least 4 members (excludes halogenated alkanes) is 1. The number of hydrogen-bond acceptors (Lipinski definition) is 5. The molecule has 6 nitrogen and oxygen atoms in total. The fraction of sp³-hybridized carbons (Fsp3) is 0.533. The molecule has 0 bridgehead atoms. The van der Waals surface area contributed by atoms with E-state index in [2.05, 4.69) is 21.4 Å². The summed E-state index contributed by atoms with van der Waals surface area (Å²) in [6.07, 6.45) is 5.54. The van der Waals surface area contributed by atoms with Gasteiger partial charge in [0.2, 0.25) is 5.91 Å². The van der Waals surface area contributed by atoms with Crippen LogP contribution >= 0.6 is 0 Å². The third kappa shape index (κ3) is 3.93. The normalized spacial score (nSPS) is 15.2. The first-order valence-corrected chi connectivity index (χ1v) is 7.25. The molecule has 0 N–H and O–H groups in total. The van der Waals surface area contributed by atoms with E-state index < -0.39 is 0 Å². The van der Waals surface area contributed by atoms with Gasteiger partial charge in [0.05, 0.1) is 6.54 Å². The Morgan fingerprint density at radius 2 is 2.24 bits per heavy atom. The summed E-state index contributed by atoms with van der Waals surface area (Å²) in [5.41, 5.74) is 0. The number of carbonyl (C=O) groups excluding carboxylic acids is 1. The SMILES string of the molecule is C=CCCCN(C)c1cc(N2CCN(C)C(=O)C2)ncn1. The minimum Gasteiger partial charge on any atom is -0.360 e. The van der Waals surface area contributed by atoms with Gasteiger partial charge in [0, 0.05) is 39.8 Å². The lowest BCUT2D eigenvalue weighted by atomic mass is 10.3. The Hall–Kier alpha value is -2.11. The van der Waals surface area contributed by atoms with Gasteiger partial charge in [-0.15, -0.1) is 6.58 Å². The van der Waals surface area contributed by atoms with Gasteiger partial charge in [0.25, 0.3) is 0 Å². The molecule has 0 aliphatic carbocycles. The van der Waals surface area contributed by atoms with Crippen molar-refractivity contribution in [2.75, 3.05) is 50.1 Å². The topological polar surface area (TPSA) is 52.6 Å². The van der Waals surface area contributed by atoms with Crippen molar-refractivity contribution in [2.24, 2.45) is 0 Å². The molecular weight excluding hydrogens is 266 g/mol. The number of piperazine rings is 1. The van der Waals surface area contributed by atoms with Crippen LogP contribution < -0.4 is 9.80 Å². The molecule has 1 aromatic rings. The Morgan fingerprint density at radius 1 is 1.43 bits per heavy atom. The van der Waals surface area contributed by atoms with Crippen LogP contribution in [0.3, 0.4) is 0 Å². The molecule has 0 atom stereocenters. The van der Waals surface area contributed by atoms with Gasteiger partial charge in [-0.3, -0.25) is 4.79 Å². The largest absolute Gasteiger partial charge is 0.360 e. The Labute approximate surface area is 126 Å². The zero-order chi connectivity index (χ0) is 15.2. The number of nitrogens with zero attached hydrogens (tertiary/aromatic N) is 5. The molecule has 0 spiro atoms. The van der Waals surface area contributed by atoms with Crippen molar-refractivity contribution in [3.05, 3.63) is 25.0 Å². The fourth-order valence-corrected chi connectivity index (χ4v) is 2.26. The fourth-order valence-electron chi connectivity index (χ4n) is 2.26. The molecule has 1 saturated heterocycles. The molecule has 1 aromatic heterocycles. The highest BCUT2D eigenvalue weighted by Crippen LogP contribution is 2.18. The van der Waals surface area contributed by atoms with Gasteiger partial charge in [0.1, 0.15) is 18.0 Å². The summed E-state index contributed by atoms with van der Waals surface area (Å²) in [4.78, 5) is 26.3. The van der Waals surface area contributed by atoms with Gasteiger partial charge in [-0.25, -0.2) is 9.97 Å². The predicted octanol–water partition coefficient (Wildman–Crippen LogP) is 1.16. The van der Waals surface area contributed by atoms with Crippen molar-refractivity contribution < 1.29 is 4.79 Å². The van der Waals surface area contributed by atoms with Gasteiger partial charge in [0.15, 0.2) is 0 Å². The van der Waals surface area contributed by atoms with Crippen molar-refractivity contribution in [1.29, 1.82) is 0 Å². The number of likely N-dealkylation sites (N-methyl/N-ethyl adjacent to an activating group) is 1. The van der Waals surface area contributed by atoms with Gasteiger partial charge < -0.3 is 14.7 Å².